The first-order chi connectivity index (χ1) is 16.9. The molecule has 0 saturated carbocycles. The van der Waals surface area contributed by atoms with Crippen LogP contribution in [0.5, 0.6) is 5.75 Å². The van der Waals surface area contributed by atoms with Crippen LogP contribution in [0.25, 0.3) is 6.08 Å². The second-order valence-corrected chi connectivity index (χ2v) is 8.75. The third-order valence-electron chi connectivity index (χ3n) is 5.31. The maximum atomic E-state index is 12.8. The van der Waals surface area contributed by atoms with Crippen LogP contribution in [0.15, 0.2) is 77.7 Å². The molecule has 8 heteroatoms. The van der Waals surface area contributed by atoms with Crippen molar-refractivity contribution in [3.63, 3.8) is 0 Å². The predicted octanol–water partition coefficient (Wildman–Crippen LogP) is 5.12. The largest absolute Gasteiger partial charge is 0.484 e. The molecule has 1 saturated heterocycles. The fraction of sp³-hybridized carbons (Fsp3) is 0.111. The summed E-state index contributed by atoms with van der Waals surface area (Å²) in [6, 6.07) is 23.3. The van der Waals surface area contributed by atoms with E-state index in [1.807, 2.05) is 31.2 Å². The van der Waals surface area contributed by atoms with E-state index in [1.54, 1.807) is 54.6 Å². The van der Waals surface area contributed by atoms with Gasteiger partial charge in [-0.2, -0.15) is 5.26 Å². The lowest BCUT2D eigenvalue weighted by molar-refractivity contribution is -0.123. The number of para-hydroxylation sites is 1. The van der Waals surface area contributed by atoms with Crippen molar-refractivity contribution in [2.24, 2.45) is 0 Å². The van der Waals surface area contributed by atoms with Crippen LogP contribution in [-0.4, -0.2) is 28.6 Å². The number of carbonyl (C=O) groups is 3. The van der Waals surface area contributed by atoms with Crippen molar-refractivity contribution in [3.05, 3.63) is 100.0 Å². The van der Waals surface area contributed by atoms with Gasteiger partial charge in [-0.1, -0.05) is 48.5 Å². The molecule has 0 spiro atoms. The number of amides is 3. The van der Waals surface area contributed by atoms with E-state index in [2.05, 4.69) is 11.4 Å². The van der Waals surface area contributed by atoms with Gasteiger partial charge in [-0.25, -0.2) is 0 Å². The highest BCUT2D eigenvalue weighted by molar-refractivity contribution is 8.18. The molecule has 0 aromatic heterocycles. The van der Waals surface area contributed by atoms with Crippen molar-refractivity contribution in [3.8, 4) is 11.8 Å². The predicted molar refractivity (Wildman–Crippen MR) is 134 cm³/mol. The van der Waals surface area contributed by atoms with Crippen LogP contribution in [0.1, 0.15) is 22.3 Å². The zero-order chi connectivity index (χ0) is 24.8. The van der Waals surface area contributed by atoms with Gasteiger partial charge in [-0.3, -0.25) is 19.3 Å². The van der Waals surface area contributed by atoms with Crippen molar-refractivity contribution >= 4 is 40.6 Å². The number of nitrogens with zero attached hydrogens (tertiary/aromatic N) is 2. The molecule has 4 rings (SSSR count). The van der Waals surface area contributed by atoms with E-state index in [0.717, 1.165) is 27.9 Å². The number of rotatable bonds is 7. The van der Waals surface area contributed by atoms with Gasteiger partial charge in [0, 0.05) is 5.69 Å². The number of hydrogen-bond donors (Lipinski definition) is 1. The van der Waals surface area contributed by atoms with E-state index in [0.29, 0.717) is 27.3 Å². The topological polar surface area (TPSA) is 99.5 Å². The number of nitriles is 1. The van der Waals surface area contributed by atoms with E-state index < -0.39 is 5.91 Å². The molecule has 1 N–H and O–H groups in total. The van der Waals surface area contributed by atoms with E-state index in [1.165, 1.54) is 0 Å². The molecular weight excluding hydrogens is 462 g/mol. The molecule has 7 nitrogen and oxygen atoms in total. The molecule has 0 bridgehead atoms. The summed E-state index contributed by atoms with van der Waals surface area (Å²) in [5.41, 5.74) is 3.46. The van der Waals surface area contributed by atoms with Gasteiger partial charge in [0.05, 0.1) is 23.1 Å². The summed E-state index contributed by atoms with van der Waals surface area (Å²) in [6.07, 6.45) is 1.63. The van der Waals surface area contributed by atoms with Crippen LogP contribution >= 0.6 is 11.8 Å². The summed E-state index contributed by atoms with van der Waals surface area (Å²) in [5.74, 6) is -0.167. The van der Waals surface area contributed by atoms with Gasteiger partial charge in [0.15, 0.2) is 6.61 Å². The number of hydrogen-bond acceptors (Lipinski definition) is 6. The average Bonchev–Trinajstić information content (AvgIpc) is 3.12. The highest BCUT2D eigenvalue weighted by Crippen LogP contribution is 2.33. The smallest absolute Gasteiger partial charge is 0.293 e. The molecule has 1 heterocycles. The number of ether oxygens (including phenoxy) is 1. The van der Waals surface area contributed by atoms with Crippen LogP contribution in [-0.2, 0) is 16.1 Å². The van der Waals surface area contributed by atoms with Crippen LogP contribution in [0.3, 0.4) is 0 Å². The maximum absolute atomic E-state index is 12.8. The molecule has 3 amide bonds. The lowest BCUT2D eigenvalue weighted by atomic mass is 10.1. The van der Waals surface area contributed by atoms with Gasteiger partial charge in [-0.05, 0) is 65.7 Å². The summed E-state index contributed by atoms with van der Waals surface area (Å²) >= 11 is 0.861. The van der Waals surface area contributed by atoms with Gasteiger partial charge in [-0.15, -0.1) is 0 Å². The van der Waals surface area contributed by atoms with Gasteiger partial charge >= 0.3 is 0 Å². The molecule has 0 aliphatic carbocycles. The highest BCUT2D eigenvalue weighted by atomic mass is 32.2. The molecule has 0 atom stereocenters. The Hall–Kier alpha value is -4.35. The molecule has 174 valence electrons. The van der Waals surface area contributed by atoms with E-state index in [9.17, 15) is 19.6 Å². The Kier molecular flexibility index (Phi) is 7.29. The number of benzene rings is 3. The Morgan fingerprint density at radius 2 is 1.77 bits per heavy atom. The SMILES string of the molecule is Cc1ccccc1NC(=O)COc1ccc(/C=C2\SC(=O)N(Cc3ccccc3C#N)C2=O)cc1. The standard InChI is InChI=1S/C27H21N3O4S/c1-18-6-2-5-9-23(18)29-25(31)17-34-22-12-10-19(11-13-22)14-24-26(32)30(27(33)35-24)16-21-8-4-3-7-20(21)15-28/h2-14H,16-17H2,1H3,(H,29,31)/b24-14-. The third-order valence-corrected chi connectivity index (χ3v) is 6.21. The fourth-order valence-electron chi connectivity index (χ4n) is 3.43. The van der Waals surface area contributed by atoms with Crippen LogP contribution in [0.2, 0.25) is 0 Å². The van der Waals surface area contributed by atoms with Crippen LogP contribution in [0, 0.1) is 18.3 Å². The lowest BCUT2D eigenvalue weighted by Gasteiger charge is -2.13. The number of anilines is 1. The first-order valence-corrected chi connectivity index (χ1v) is 11.6. The monoisotopic (exact) mass is 483 g/mol. The van der Waals surface area contributed by atoms with E-state index in [4.69, 9.17) is 4.74 Å². The summed E-state index contributed by atoms with van der Waals surface area (Å²) in [4.78, 5) is 38.8. The summed E-state index contributed by atoms with van der Waals surface area (Å²) in [6.45, 7) is 1.81. The average molecular weight is 484 g/mol. The quantitative estimate of drug-likeness (QED) is 0.468. The molecule has 3 aromatic rings. The van der Waals surface area contributed by atoms with Crippen LogP contribution < -0.4 is 10.1 Å². The summed E-state index contributed by atoms with van der Waals surface area (Å²) < 4.78 is 5.55. The number of aryl methyl sites for hydroxylation is 1. The Balaban J connectivity index is 1.36. The Bertz CT molecular complexity index is 1360. The second kappa shape index (κ2) is 10.7. The molecular formula is C27H21N3O4S. The first-order valence-electron chi connectivity index (χ1n) is 10.8. The Morgan fingerprint density at radius 1 is 1.06 bits per heavy atom. The number of carbonyl (C=O) groups excluding carboxylic acids is 3. The van der Waals surface area contributed by atoms with Crippen molar-refractivity contribution in [2.45, 2.75) is 13.5 Å². The molecule has 35 heavy (non-hydrogen) atoms. The molecule has 1 fully saturated rings. The number of thioether (sulfide) groups is 1. The van der Waals surface area contributed by atoms with E-state index >= 15 is 0 Å². The van der Waals surface area contributed by atoms with Gasteiger partial charge in [0.25, 0.3) is 17.1 Å². The van der Waals surface area contributed by atoms with Gasteiger partial charge < -0.3 is 10.1 Å². The second-order valence-electron chi connectivity index (χ2n) is 7.76. The van der Waals surface area contributed by atoms with Crippen molar-refractivity contribution in [1.82, 2.24) is 4.90 Å². The fourth-order valence-corrected chi connectivity index (χ4v) is 4.27. The number of nitrogens with one attached hydrogen (secondary N) is 1. The minimum absolute atomic E-state index is 0.0447. The Labute approximate surface area is 207 Å². The van der Waals surface area contributed by atoms with Crippen LogP contribution in [0.4, 0.5) is 10.5 Å². The first kappa shape index (κ1) is 23.8. The van der Waals surface area contributed by atoms with Crippen molar-refractivity contribution < 1.29 is 19.1 Å². The molecule has 3 aromatic carbocycles. The molecule has 1 aliphatic rings. The highest BCUT2D eigenvalue weighted by Gasteiger charge is 2.35. The van der Waals surface area contributed by atoms with Crippen molar-refractivity contribution in [1.29, 1.82) is 5.26 Å². The third kappa shape index (κ3) is 5.78. The minimum Gasteiger partial charge on any atom is -0.484 e. The van der Waals surface area contributed by atoms with Gasteiger partial charge in [0.1, 0.15) is 5.75 Å². The summed E-state index contributed by atoms with van der Waals surface area (Å²) in [5, 5.41) is 11.7. The van der Waals surface area contributed by atoms with Gasteiger partial charge in [0.2, 0.25) is 0 Å². The normalized spacial score (nSPS) is 14.2. The molecule has 0 unspecified atom stereocenters. The zero-order valence-corrected chi connectivity index (χ0v) is 19.7. The molecule has 1 aliphatic heterocycles. The Morgan fingerprint density at radius 3 is 2.51 bits per heavy atom. The van der Waals surface area contributed by atoms with Crippen molar-refractivity contribution in [2.75, 3.05) is 11.9 Å². The van der Waals surface area contributed by atoms with E-state index in [-0.39, 0.29) is 24.3 Å². The summed E-state index contributed by atoms with van der Waals surface area (Å²) in [7, 11) is 0. The number of imide groups is 1. The lowest BCUT2D eigenvalue weighted by Crippen LogP contribution is -2.27. The molecule has 0 radical (unpaired) electrons. The maximum Gasteiger partial charge on any atom is 0.293 e. The minimum atomic E-state index is -0.402. The zero-order valence-electron chi connectivity index (χ0n) is 18.9.